The highest BCUT2D eigenvalue weighted by Crippen LogP contribution is 2.19. The smallest absolute Gasteiger partial charge is 0.306 e. The van der Waals surface area contributed by atoms with E-state index in [-0.39, 0.29) is 18.5 Å². The third-order valence-corrected chi connectivity index (χ3v) is 9.08. The lowest BCUT2D eigenvalue weighted by molar-refractivity contribution is -0.150. The van der Waals surface area contributed by atoms with Gasteiger partial charge < -0.3 is 9.84 Å². The van der Waals surface area contributed by atoms with E-state index in [1.807, 2.05) is 0 Å². The first-order valence-electron chi connectivity index (χ1n) is 19.5. The minimum atomic E-state index is -0.696. The molecule has 1 atom stereocenters. The molecule has 0 bridgehead atoms. The van der Waals surface area contributed by atoms with E-state index in [1.165, 1.54) is 141 Å². The molecule has 4 heteroatoms. The molecule has 1 N–H and O–H groups in total. The van der Waals surface area contributed by atoms with Crippen LogP contribution in [0.4, 0.5) is 0 Å². The number of carbonyl (C=O) groups is 2. The Kier molecular flexibility index (Phi) is 34.5. The molecule has 0 aliphatic heterocycles. The quantitative estimate of drug-likeness (QED) is 0.0567. The monoisotopic (exact) mass is 609 g/mol. The van der Waals surface area contributed by atoms with Gasteiger partial charge in [0.1, 0.15) is 6.10 Å². The van der Waals surface area contributed by atoms with Crippen molar-refractivity contribution < 1.29 is 19.4 Å². The maximum atomic E-state index is 12.6. The van der Waals surface area contributed by atoms with Gasteiger partial charge in [0.15, 0.2) is 0 Å². The van der Waals surface area contributed by atoms with Gasteiger partial charge in [0.2, 0.25) is 0 Å². The summed E-state index contributed by atoms with van der Waals surface area (Å²) in [7, 11) is 0. The van der Waals surface area contributed by atoms with Crippen LogP contribution >= 0.6 is 0 Å². The maximum absolute atomic E-state index is 12.6. The van der Waals surface area contributed by atoms with Crippen molar-refractivity contribution in [1.29, 1.82) is 0 Å². The summed E-state index contributed by atoms with van der Waals surface area (Å²) in [6.07, 6.45) is 41.2. The standard InChI is InChI=1S/C39H76O4/c1-3-5-7-9-11-13-15-16-17-18-19-20-22-25-29-33-37(34-30-26-24-27-31-35-38(40)41)43-39(42)36-32-28-23-21-14-12-10-8-6-4-2/h37H,3-36H2,1-2H3,(H,40,41). The summed E-state index contributed by atoms with van der Waals surface area (Å²) in [6, 6.07) is 0. The third kappa shape index (κ3) is 35.3. The number of carbonyl (C=O) groups excluding carboxylic acids is 1. The van der Waals surface area contributed by atoms with Crippen LogP contribution in [0.3, 0.4) is 0 Å². The lowest BCUT2D eigenvalue weighted by Crippen LogP contribution is -2.18. The van der Waals surface area contributed by atoms with Crippen LogP contribution in [-0.2, 0) is 14.3 Å². The molecule has 0 aromatic rings. The predicted molar refractivity (Wildman–Crippen MR) is 186 cm³/mol. The van der Waals surface area contributed by atoms with E-state index in [0.29, 0.717) is 6.42 Å². The van der Waals surface area contributed by atoms with Gasteiger partial charge in [-0.1, -0.05) is 181 Å². The fourth-order valence-electron chi connectivity index (χ4n) is 6.19. The van der Waals surface area contributed by atoms with Crippen molar-refractivity contribution in [3.63, 3.8) is 0 Å². The number of aliphatic carboxylic acids is 1. The summed E-state index contributed by atoms with van der Waals surface area (Å²) in [5.41, 5.74) is 0. The summed E-state index contributed by atoms with van der Waals surface area (Å²) >= 11 is 0. The molecule has 0 fully saturated rings. The number of rotatable bonds is 36. The number of carboxylic acid groups (broad SMARTS) is 1. The highest BCUT2D eigenvalue weighted by atomic mass is 16.5. The molecule has 0 heterocycles. The molecule has 0 rings (SSSR count). The van der Waals surface area contributed by atoms with E-state index in [1.54, 1.807) is 0 Å². The minimum absolute atomic E-state index is 0.00647. The zero-order chi connectivity index (χ0) is 31.5. The average molecular weight is 609 g/mol. The molecule has 0 saturated carbocycles. The van der Waals surface area contributed by atoms with E-state index in [2.05, 4.69) is 13.8 Å². The van der Waals surface area contributed by atoms with E-state index >= 15 is 0 Å². The first-order valence-corrected chi connectivity index (χ1v) is 19.5. The highest BCUT2D eigenvalue weighted by molar-refractivity contribution is 5.69. The van der Waals surface area contributed by atoms with Crippen molar-refractivity contribution in [2.75, 3.05) is 0 Å². The molecule has 0 saturated heterocycles. The van der Waals surface area contributed by atoms with Gasteiger partial charge in [0, 0.05) is 12.8 Å². The summed E-state index contributed by atoms with van der Waals surface area (Å²) < 4.78 is 5.99. The lowest BCUT2D eigenvalue weighted by Gasteiger charge is -2.18. The summed E-state index contributed by atoms with van der Waals surface area (Å²) in [4.78, 5) is 23.3. The van der Waals surface area contributed by atoms with Gasteiger partial charge in [-0.3, -0.25) is 9.59 Å². The third-order valence-electron chi connectivity index (χ3n) is 9.08. The second-order valence-corrected chi connectivity index (χ2v) is 13.5. The Bertz CT molecular complexity index is 576. The van der Waals surface area contributed by atoms with Crippen molar-refractivity contribution in [2.24, 2.45) is 0 Å². The molecular formula is C39H76O4. The summed E-state index contributed by atoms with van der Waals surface area (Å²) in [6.45, 7) is 4.55. The van der Waals surface area contributed by atoms with E-state index in [9.17, 15) is 9.59 Å². The van der Waals surface area contributed by atoms with Crippen LogP contribution in [0.1, 0.15) is 232 Å². The van der Waals surface area contributed by atoms with Gasteiger partial charge in [-0.2, -0.15) is 0 Å². The van der Waals surface area contributed by atoms with Gasteiger partial charge >= 0.3 is 11.9 Å². The minimum Gasteiger partial charge on any atom is -0.481 e. The Balaban J connectivity index is 3.99. The molecule has 1 unspecified atom stereocenters. The number of ether oxygens (including phenoxy) is 1. The van der Waals surface area contributed by atoms with Crippen LogP contribution in [0.15, 0.2) is 0 Å². The van der Waals surface area contributed by atoms with Crippen LogP contribution in [0, 0.1) is 0 Å². The van der Waals surface area contributed by atoms with Crippen LogP contribution < -0.4 is 0 Å². The molecule has 0 amide bonds. The van der Waals surface area contributed by atoms with Crippen LogP contribution in [-0.4, -0.2) is 23.1 Å². The highest BCUT2D eigenvalue weighted by Gasteiger charge is 2.14. The average Bonchev–Trinajstić information content (AvgIpc) is 2.99. The largest absolute Gasteiger partial charge is 0.481 e. The van der Waals surface area contributed by atoms with Crippen LogP contribution in [0.5, 0.6) is 0 Å². The summed E-state index contributed by atoms with van der Waals surface area (Å²) in [5, 5.41) is 8.81. The molecule has 0 spiro atoms. The van der Waals surface area contributed by atoms with Gasteiger partial charge in [-0.25, -0.2) is 0 Å². The van der Waals surface area contributed by atoms with Gasteiger partial charge in [-0.15, -0.1) is 0 Å². The van der Waals surface area contributed by atoms with Crippen molar-refractivity contribution in [3.05, 3.63) is 0 Å². The molecular weight excluding hydrogens is 532 g/mol. The molecule has 43 heavy (non-hydrogen) atoms. The zero-order valence-corrected chi connectivity index (χ0v) is 29.3. The molecule has 0 aliphatic rings. The maximum Gasteiger partial charge on any atom is 0.306 e. The molecule has 0 radical (unpaired) electrons. The Morgan fingerprint density at radius 2 is 0.698 bits per heavy atom. The second-order valence-electron chi connectivity index (χ2n) is 13.5. The molecule has 0 aromatic heterocycles. The first kappa shape index (κ1) is 41.9. The Morgan fingerprint density at radius 1 is 0.419 bits per heavy atom. The van der Waals surface area contributed by atoms with Crippen molar-refractivity contribution in [2.45, 2.75) is 238 Å². The Hall–Kier alpha value is -1.06. The lowest BCUT2D eigenvalue weighted by atomic mass is 10.0. The van der Waals surface area contributed by atoms with Crippen molar-refractivity contribution >= 4 is 11.9 Å². The second kappa shape index (κ2) is 35.4. The number of esters is 1. The predicted octanol–water partition coefficient (Wildman–Crippen LogP) is 13.3. The fraction of sp³-hybridized carbons (Fsp3) is 0.949. The van der Waals surface area contributed by atoms with Gasteiger partial charge in [0.05, 0.1) is 0 Å². The summed E-state index contributed by atoms with van der Waals surface area (Å²) in [5.74, 6) is -0.690. The number of unbranched alkanes of at least 4 members (excludes halogenated alkanes) is 27. The fourth-order valence-corrected chi connectivity index (χ4v) is 6.19. The van der Waals surface area contributed by atoms with Crippen molar-refractivity contribution in [1.82, 2.24) is 0 Å². The normalized spacial score (nSPS) is 12.0. The number of carboxylic acids is 1. The van der Waals surface area contributed by atoms with E-state index < -0.39 is 5.97 Å². The van der Waals surface area contributed by atoms with Gasteiger partial charge in [-0.05, 0) is 38.5 Å². The van der Waals surface area contributed by atoms with Gasteiger partial charge in [0.25, 0.3) is 0 Å². The SMILES string of the molecule is CCCCCCCCCCCCCCCCCC(CCCCCCCC(=O)O)OC(=O)CCCCCCCCCCCC. The first-order chi connectivity index (χ1) is 21.1. The topological polar surface area (TPSA) is 63.6 Å². The molecule has 0 aromatic carbocycles. The Morgan fingerprint density at radius 3 is 1.02 bits per heavy atom. The Labute approximate surface area is 269 Å². The zero-order valence-electron chi connectivity index (χ0n) is 29.3. The van der Waals surface area contributed by atoms with Crippen LogP contribution in [0.25, 0.3) is 0 Å². The van der Waals surface area contributed by atoms with Crippen LogP contribution in [0.2, 0.25) is 0 Å². The molecule has 4 nitrogen and oxygen atoms in total. The van der Waals surface area contributed by atoms with Crippen molar-refractivity contribution in [3.8, 4) is 0 Å². The molecule has 256 valence electrons. The number of hydrogen-bond acceptors (Lipinski definition) is 3. The van der Waals surface area contributed by atoms with E-state index in [4.69, 9.17) is 9.84 Å². The van der Waals surface area contributed by atoms with E-state index in [0.717, 1.165) is 64.2 Å². The number of hydrogen-bond donors (Lipinski definition) is 1. The molecule has 0 aliphatic carbocycles.